The number of amides is 2. The van der Waals surface area contributed by atoms with Crippen LogP contribution < -0.4 is 10.7 Å². The van der Waals surface area contributed by atoms with Crippen LogP contribution in [-0.4, -0.2) is 35.6 Å². The predicted octanol–water partition coefficient (Wildman–Crippen LogP) is 1.40. The van der Waals surface area contributed by atoms with Crippen LogP contribution >= 0.6 is 0 Å². The van der Waals surface area contributed by atoms with Gasteiger partial charge in [0, 0.05) is 5.56 Å². The minimum Gasteiger partial charge on any atom is -0.478 e. The van der Waals surface area contributed by atoms with Gasteiger partial charge in [-0.3, -0.25) is 9.59 Å². The summed E-state index contributed by atoms with van der Waals surface area (Å²) in [6.45, 7) is -0.329. The molecule has 0 saturated carbocycles. The Hall–Kier alpha value is -3.55. The van der Waals surface area contributed by atoms with Crippen molar-refractivity contribution in [3.8, 4) is 0 Å². The first kappa shape index (κ1) is 17.8. The number of rotatable bonds is 6. The lowest BCUT2D eigenvalue weighted by Crippen LogP contribution is -2.34. The molecule has 2 aromatic carbocycles. The van der Waals surface area contributed by atoms with Crippen molar-refractivity contribution >= 4 is 24.0 Å². The Morgan fingerprint density at radius 2 is 1.80 bits per heavy atom. The summed E-state index contributed by atoms with van der Waals surface area (Å²) in [4.78, 5) is 34.0. The third-order valence-electron chi connectivity index (χ3n) is 3.06. The molecular weight excluding hydrogens is 329 g/mol. The third kappa shape index (κ3) is 5.54. The zero-order chi connectivity index (χ0) is 18.2. The highest BCUT2D eigenvalue weighted by atomic mass is 19.1. The number of hydrogen-bond donors (Lipinski definition) is 3. The largest absolute Gasteiger partial charge is 0.478 e. The number of benzene rings is 2. The van der Waals surface area contributed by atoms with Crippen molar-refractivity contribution in [3.05, 3.63) is 71.0 Å². The van der Waals surface area contributed by atoms with Crippen molar-refractivity contribution in [1.29, 1.82) is 0 Å². The molecule has 2 aromatic rings. The molecule has 0 spiro atoms. The van der Waals surface area contributed by atoms with E-state index in [9.17, 15) is 18.8 Å². The summed E-state index contributed by atoms with van der Waals surface area (Å²) in [5, 5.41) is 14.8. The topological polar surface area (TPSA) is 108 Å². The molecule has 0 unspecified atom stereocenters. The van der Waals surface area contributed by atoms with Gasteiger partial charge >= 0.3 is 5.97 Å². The molecule has 2 rings (SSSR count). The van der Waals surface area contributed by atoms with Crippen molar-refractivity contribution < 1.29 is 23.9 Å². The molecular formula is C17H14FN3O4. The SMILES string of the molecule is O=C(CNC(=O)c1cccc(F)c1)NN=Cc1ccc(C(=O)O)cc1. The maximum absolute atomic E-state index is 13.0. The molecule has 128 valence electrons. The van der Waals surface area contributed by atoms with E-state index in [2.05, 4.69) is 15.8 Å². The first-order valence-electron chi connectivity index (χ1n) is 7.15. The van der Waals surface area contributed by atoms with Crippen LogP contribution in [0, 0.1) is 5.82 Å². The number of aromatic carboxylic acids is 1. The molecule has 0 heterocycles. The van der Waals surface area contributed by atoms with Crippen molar-refractivity contribution in [2.24, 2.45) is 5.10 Å². The number of hydrazone groups is 1. The number of carboxylic acid groups (broad SMARTS) is 1. The van der Waals surface area contributed by atoms with E-state index in [0.717, 1.165) is 6.07 Å². The van der Waals surface area contributed by atoms with Gasteiger partial charge in [0.05, 0.1) is 18.3 Å². The molecule has 0 saturated heterocycles. The number of carbonyl (C=O) groups excluding carboxylic acids is 2. The Bertz CT molecular complexity index is 819. The molecule has 7 nitrogen and oxygen atoms in total. The summed E-state index contributed by atoms with van der Waals surface area (Å²) >= 11 is 0. The number of hydrogen-bond acceptors (Lipinski definition) is 4. The Morgan fingerprint density at radius 1 is 1.08 bits per heavy atom. The normalized spacial score (nSPS) is 10.4. The van der Waals surface area contributed by atoms with Crippen LogP contribution in [0.3, 0.4) is 0 Å². The lowest BCUT2D eigenvalue weighted by molar-refractivity contribution is -0.120. The van der Waals surface area contributed by atoms with E-state index in [0.29, 0.717) is 5.56 Å². The van der Waals surface area contributed by atoms with Gasteiger partial charge in [-0.1, -0.05) is 18.2 Å². The van der Waals surface area contributed by atoms with Crippen molar-refractivity contribution in [3.63, 3.8) is 0 Å². The first-order chi connectivity index (χ1) is 12.0. The molecule has 0 aromatic heterocycles. The number of nitrogens with zero attached hydrogens (tertiary/aromatic N) is 1. The molecule has 3 N–H and O–H groups in total. The van der Waals surface area contributed by atoms with E-state index in [1.807, 2.05) is 0 Å². The minimum atomic E-state index is -1.04. The lowest BCUT2D eigenvalue weighted by atomic mass is 10.1. The summed E-state index contributed by atoms with van der Waals surface area (Å²) in [5.74, 6) is -2.73. The van der Waals surface area contributed by atoms with Gasteiger partial charge in [0.15, 0.2) is 0 Å². The zero-order valence-corrected chi connectivity index (χ0v) is 12.9. The monoisotopic (exact) mass is 343 g/mol. The van der Waals surface area contributed by atoms with Crippen LogP contribution in [0.4, 0.5) is 4.39 Å². The van der Waals surface area contributed by atoms with Crippen molar-refractivity contribution in [1.82, 2.24) is 10.7 Å². The molecule has 8 heteroatoms. The highest BCUT2D eigenvalue weighted by Gasteiger charge is 2.08. The van der Waals surface area contributed by atoms with E-state index in [-0.39, 0.29) is 17.7 Å². The number of carboxylic acids is 1. The lowest BCUT2D eigenvalue weighted by Gasteiger charge is -2.04. The summed E-state index contributed by atoms with van der Waals surface area (Å²) < 4.78 is 13.0. The molecule has 2 amide bonds. The highest BCUT2D eigenvalue weighted by molar-refractivity contribution is 5.96. The van der Waals surface area contributed by atoms with E-state index in [1.54, 1.807) is 0 Å². The number of carbonyl (C=O) groups is 3. The third-order valence-corrected chi connectivity index (χ3v) is 3.06. The molecule has 0 atom stereocenters. The maximum atomic E-state index is 13.0. The second-order valence-corrected chi connectivity index (χ2v) is 4.91. The van der Waals surface area contributed by atoms with Gasteiger partial charge in [0.2, 0.25) is 0 Å². The second-order valence-electron chi connectivity index (χ2n) is 4.91. The number of halogens is 1. The van der Waals surface area contributed by atoms with Crippen LogP contribution in [0.2, 0.25) is 0 Å². The zero-order valence-electron chi connectivity index (χ0n) is 12.9. The van der Waals surface area contributed by atoms with E-state index in [1.165, 1.54) is 48.7 Å². The molecule has 0 aliphatic rings. The van der Waals surface area contributed by atoms with Crippen LogP contribution in [0.1, 0.15) is 26.3 Å². The average Bonchev–Trinajstić information content (AvgIpc) is 2.60. The van der Waals surface area contributed by atoms with Crippen LogP contribution in [0.5, 0.6) is 0 Å². The quantitative estimate of drug-likeness (QED) is 0.544. The van der Waals surface area contributed by atoms with Gasteiger partial charge in [0.1, 0.15) is 5.82 Å². The molecule has 0 aliphatic heterocycles. The van der Waals surface area contributed by atoms with Crippen molar-refractivity contribution in [2.75, 3.05) is 6.54 Å². The molecule has 0 bridgehead atoms. The predicted molar refractivity (Wildman–Crippen MR) is 87.9 cm³/mol. The summed E-state index contributed by atoms with van der Waals surface area (Å²) in [7, 11) is 0. The Labute approximate surface area is 142 Å². The van der Waals surface area contributed by atoms with Gasteiger partial charge in [-0.15, -0.1) is 0 Å². The van der Waals surface area contributed by atoms with E-state index in [4.69, 9.17) is 5.11 Å². The first-order valence-corrected chi connectivity index (χ1v) is 7.15. The van der Waals surface area contributed by atoms with Gasteiger partial charge in [-0.25, -0.2) is 14.6 Å². The van der Waals surface area contributed by atoms with E-state index >= 15 is 0 Å². The Kier molecular flexibility index (Phi) is 5.94. The molecule has 0 fully saturated rings. The molecule has 0 radical (unpaired) electrons. The fourth-order valence-corrected chi connectivity index (χ4v) is 1.82. The highest BCUT2D eigenvalue weighted by Crippen LogP contribution is 2.03. The van der Waals surface area contributed by atoms with Gasteiger partial charge < -0.3 is 10.4 Å². The van der Waals surface area contributed by atoms with Gasteiger partial charge in [-0.05, 0) is 35.9 Å². The summed E-state index contributed by atoms with van der Waals surface area (Å²) in [6, 6.07) is 11.0. The molecule has 0 aliphatic carbocycles. The van der Waals surface area contributed by atoms with Gasteiger partial charge in [-0.2, -0.15) is 5.10 Å². The number of nitrogens with one attached hydrogen (secondary N) is 2. The van der Waals surface area contributed by atoms with Crippen molar-refractivity contribution in [2.45, 2.75) is 0 Å². The second kappa shape index (κ2) is 8.34. The van der Waals surface area contributed by atoms with Crippen LogP contribution in [-0.2, 0) is 4.79 Å². The summed E-state index contributed by atoms with van der Waals surface area (Å²) in [5.41, 5.74) is 3.05. The fourth-order valence-electron chi connectivity index (χ4n) is 1.82. The molecule has 25 heavy (non-hydrogen) atoms. The standard InChI is InChI=1S/C17H14FN3O4/c18-14-3-1-2-13(8-14)16(23)19-10-15(22)21-20-9-11-4-6-12(7-5-11)17(24)25/h1-9H,10H2,(H,19,23)(H,21,22)(H,24,25). The average molecular weight is 343 g/mol. The Balaban J connectivity index is 1.80. The smallest absolute Gasteiger partial charge is 0.335 e. The van der Waals surface area contributed by atoms with E-state index < -0.39 is 23.6 Å². The van der Waals surface area contributed by atoms with Crippen LogP contribution in [0.15, 0.2) is 53.6 Å². The van der Waals surface area contributed by atoms with Crippen LogP contribution in [0.25, 0.3) is 0 Å². The maximum Gasteiger partial charge on any atom is 0.335 e. The Morgan fingerprint density at radius 3 is 2.44 bits per heavy atom. The summed E-state index contributed by atoms with van der Waals surface area (Å²) in [6.07, 6.45) is 1.33. The minimum absolute atomic E-state index is 0.106. The van der Waals surface area contributed by atoms with Gasteiger partial charge in [0.25, 0.3) is 11.8 Å². The fraction of sp³-hybridized carbons (Fsp3) is 0.0588.